The number of aromatic nitrogens is 3. The van der Waals surface area contributed by atoms with Crippen molar-refractivity contribution in [1.29, 1.82) is 0 Å². The summed E-state index contributed by atoms with van der Waals surface area (Å²) in [5.41, 5.74) is 4.50. The van der Waals surface area contributed by atoms with Crippen LogP contribution in [0.3, 0.4) is 0 Å². The predicted molar refractivity (Wildman–Crippen MR) is 95.2 cm³/mol. The van der Waals surface area contributed by atoms with Crippen LogP contribution in [-0.2, 0) is 11.2 Å². The van der Waals surface area contributed by atoms with Crippen LogP contribution in [0.15, 0.2) is 76.9 Å². The van der Waals surface area contributed by atoms with Gasteiger partial charge in [-0.05, 0) is 48.9 Å². The molecule has 0 bridgehead atoms. The molecular weight excluding hydrogens is 318 g/mol. The summed E-state index contributed by atoms with van der Waals surface area (Å²) in [6, 6.07) is 19.3. The van der Waals surface area contributed by atoms with E-state index in [1.54, 1.807) is 6.20 Å². The Balaban J connectivity index is 1.80. The Hall–Kier alpha value is -2.63. The van der Waals surface area contributed by atoms with Gasteiger partial charge in [0, 0.05) is 6.20 Å². The predicted octanol–water partition coefficient (Wildman–Crippen LogP) is 4.10. The highest BCUT2D eigenvalue weighted by Gasteiger charge is 2.23. The third-order valence-electron chi connectivity index (χ3n) is 3.82. The van der Waals surface area contributed by atoms with Crippen LogP contribution in [0.2, 0.25) is 0 Å². The zero-order valence-corrected chi connectivity index (χ0v) is 13.9. The highest BCUT2D eigenvalue weighted by molar-refractivity contribution is 7.91. The van der Waals surface area contributed by atoms with Crippen LogP contribution < -0.4 is 0 Å². The Labute approximate surface area is 142 Å². The van der Waals surface area contributed by atoms with E-state index in [4.69, 9.17) is 0 Å². The van der Waals surface area contributed by atoms with E-state index in [-0.39, 0.29) is 0 Å². The van der Waals surface area contributed by atoms with Gasteiger partial charge in [0.15, 0.2) is 4.90 Å². The van der Waals surface area contributed by atoms with Gasteiger partial charge in [0.1, 0.15) is 0 Å². The van der Waals surface area contributed by atoms with Crippen LogP contribution in [0, 0.1) is 6.92 Å². The lowest BCUT2D eigenvalue weighted by molar-refractivity contribution is 0.588. The average molecular weight is 333 g/mol. The number of hydrogen-bond donors (Lipinski definition) is 1. The molecule has 0 radical (unpaired) electrons. The fraction of sp³-hybridized carbons (Fsp3) is 0.0526. The minimum atomic E-state index is -1.40. The maximum Gasteiger partial charge on any atom is 0.327 e. The number of benzene rings is 2. The molecule has 4 nitrogen and oxygen atoms in total. The van der Waals surface area contributed by atoms with Crippen molar-refractivity contribution in [3.8, 4) is 11.3 Å². The first kappa shape index (κ1) is 14.9. The van der Waals surface area contributed by atoms with Crippen LogP contribution in [0.1, 0.15) is 5.56 Å². The van der Waals surface area contributed by atoms with Crippen molar-refractivity contribution in [3.63, 3.8) is 0 Å². The van der Waals surface area contributed by atoms with Crippen LogP contribution in [-0.4, -0.2) is 19.5 Å². The molecule has 2 aromatic carbocycles. The number of imidazole rings is 1. The van der Waals surface area contributed by atoms with Gasteiger partial charge in [-0.25, -0.2) is 0 Å². The molecule has 5 heteroatoms. The highest BCUT2D eigenvalue weighted by atomic mass is 32.2. The van der Waals surface area contributed by atoms with Crippen molar-refractivity contribution >= 4 is 22.2 Å². The molecule has 0 fully saturated rings. The Kier molecular flexibility index (Phi) is 3.80. The molecule has 2 heterocycles. The van der Waals surface area contributed by atoms with Crippen LogP contribution in [0.25, 0.3) is 22.3 Å². The van der Waals surface area contributed by atoms with Gasteiger partial charge in [0.05, 0.1) is 33.5 Å². The van der Waals surface area contributed by atoms with E-state index >= 15 is 0 Å². The number of aromatic amines is 1. The molecule has 0 aliphatic carbocycles. The number of hydrogen-bond acceptors (Lipinski definition) is 3. The molecule has 4 rings (SSSR count). The summed E-state index contributed by atoms with van der Waals surface area (Å²) in [7, 11) is 0. The molecule has 1 N–H and O–H groups in total. The fourth-order valence-corrected chi connectivity index (χ4v) is 3.81. The number of rotatable bonds is 3. The molecule has 0 spiro atoms. The topological polar surface area (TPSA) is 64.6 Å². The second-order valence-electron chi connectivity index (χ2n) is 5.54. The number of nitrogens with one attached hydrogen (secondary N) is 1. The maximum absolute atomic E-state index is 13.1. The van der Waals surface area contributed by atoms with E-state index in [0.29, 0.717) is 10.1 Å². The van der Waals surface area contributed by atoms with Crippen molar-refractivity contribution in [2.24, 2.45) is 0 Å². The Morgan fingerprint density at radius 2 is 1.83 bits per heavy atom. The van der Waals surface area contributed by atoms with Gasteiger partial charge in [-0.2, -0.15) is 4.98 Å². The summed E-state index contributed by atoms with van der Waals surface area (Å²) in [5.74, 6) is 0. The molecule has 1 unspecified atom stereocenters. The molecule has 2 aromatic heterocycles. The Morgan fingerprint density at radius 1 is 1.00 bits per heavy atom. The lowest BCUT2D eigenvalue weighted by Gasteiger charge is -2.10. The molecular formula is C19H15N3OS. The smallest absolute Gasteiger partial charge is 0.327 e. The number of H-pyrrole nitrogens is 1. The summed E-state index contributed by atoms with van der Waals surface area (Å²) < 4.78 is 13.1. The highest BCUT2D eigenvalue weighted by Crippen LogP contribution is 2.30. The van der Waals surface area contributed by atoms with Crippen LogP contribution >= 0.6 is 0 Å². The molecule has 0 saturated carbocycles. The third-order valence-corrected chi connectivity index (χ3v) is 5.12. The summed E-state index contributed by atoms with van der Waals surface area (Å²) in [6.07, 6.45) is 1.74. The zero-order chi connectivity index (χ0) is 16.5. The summed E-state index contributed by atoms with van der Waals surface area (Å²) in [5, 5.41) is 0.457. The van der Waals surface area contributed by atoms with E-state index in [0.717, 1.165) is 27.9 Å². The largest absolute Gasteiger partial charge is 0.604 e. The number of fused-ring (bicyclic) bond motifs is 1. The van der Waals surface area contributed by atoms with Gasteiger partial charge < -0.3 is 4.55 Å². The van der Waals surface area contributed by atoms with Crippen molar-refractivity contribution in [3.05, 3.63) is 72.4 Å². The maximum atomic E-state index is 13.1. The summed E-state index contributed by atoms with van der Waals surface area (Å²) >= 11 is -1.40. The molecule has 118 valence electrons. The molecule has 24 heavy (non-hydrogen) atoms. The SMILES string of the molecule is Cc1ccc2[nH]c([S+]([O-])c3ccccc3-c3ccccn3)nc2c1. The van der Waals surface area contributed by atoms with E-state index in [2.05, 4.69) is 15.0 Å². The monoisotopic (exact) mass is 333 g/mol. The molecule has 1 atom stereocenters. The molecule has 0 amide bonds. The first-order valence-electron chi connectivity index (χ1n) is 7.61. The third kappa shape index (κ3) is 2.68. The summed E-state index contributed by atoms with van der Waals surface area (Å²) in [4.78, 5) is 12.8. The molecule has 4 aromatic rings. The molecule has 0 aliphatic heterocycles. The van der Waals surface area contributed by atoms with Crippen LogP contribution in [0.5, 0.6) is 0 Å². The van der Waals surface area contributed by atoms with Crippen molar-refractivity contribution in [1.82, 2.24) is 15.0 Å². The number of pyridine rings is 1. The van der Waals surface area contributed by atoms with Crippen molar-refractivity contribution in [2.45, 2.75) is 17.0 Å². The first-order valence-corrected chi connectivity index (χ1v) is 8.76. The normalized spacial score (nSPS) is 12.4. The Bertz CT molecular complexity index is 998. The standard InChI is InChI=1S/C19H15N3OS/c1-13-9-10-16-17(12-13)22-19(21-16)24(23)18-8-3-2-6-14(18)15-7-4-5-11-20-15/h2-12H,1H3,(H,21,22). The van der Waals surface area contributed by atoms with Crippen LogP contribution in [0.4, 0.5) is 0 Å². The van der Waals surface area contributed by atoms with Gasteiger partial charge in [-0.1, -0.05) is 24.3 Å². The second kappa shape index (κ2) is 6.11. The van der Waals surface area contributed by atoms with Crippen molar-refractivity contribution < 1.29 is 4.55 Å². The quantitative estimate of drug-likeness (QED) is 0.574. The van der Waals surface area contributed by atoms with E-state index < -0.39 is 11.2 Å². The number of nitrogens with zero attached hydrogens (tertiary/aromatic N) is 2. The minimum Gasteiger partial charge on any atom is -0.604 e. The fourth-order valence-electron chi connectivity index (χ4n) is 2.65. The lowest BCUT2D eigenvalue weighted by Crippen LogP contribution is -2.06. The van der Waals surface area contributed by atoms with Crippen molar-refractivity contribution in [2.75, 3.05) is 0 Å². The average Bonchev–Trinajstić information content (AvgIpc) is 3.05. The van der Waals surface area contributed by atoms with E-state index in [1.165, 1.54) is 0 Å². The second-order valence-corrected chi connectivity index (χ2v) is 6.91. The summed E-state index contributed by atoms with van der Waals surface area (Å²) in [6.45, 7) is 2.02. The van der Waals surface area contributed by atoms with Gasteiger partial charge in [0.25, 0.3) is 0 Å². The lowest BCUT2D eigenvalue weighted by atomic mass is 10.1. The zero-order valence-electron chi connectivity index (χ0n) is 13.1. The van der Waals surface area contributed by atoms with E-state index in [1.807, 2.05) is 67.6 Å². The molecule has 0 saturated heterocycles. The minimum absolute atomic E-state index is 0.457. The number of aryl methyl sites for hydroxylation is 1. The van der Waals surface area contributed by atoms with E-state index in [9.17, 15) is 4.55 Å². The van der Waals surface area contributed by atoms with Gasteiger partial charge in [0.2, 0.25) is 0 Å². The first-order chi connectivity index (χ1) is 11.7. The molecule has 0 aliphatic rings. The Morgan fingerprint density at radius 3 is 2.67 bits per heavy atom. The van der Waals surface area contributed by atoms with Gasteiger partial charge in [-0.15, -0.1) is 0 Å². The van der Waals surface area contributed by atoms with Gasteiger partial charge >= 0.3 is 5.16 Å². The van der Waals surface area contributed by atoms with Gasteiger partial charge in [-0.3, -0.25) is 9.97 Å².